The van der Waals surface area contributed by atoms with E-state index in [1.54, 1.807) is 43.4 Å². The lowest BCUT2D eigenvalue weighted by Crippen LogP contribution is -2.37. The van der Waals surface area contributed by atoms with Crippen LogP contribution in [0.3, 0.4) is 0 Å². The molecule has 1 aliphatic heterocycles. The van der Waals surface area contributed by atoms with E-state index < -0.39 is 17.4 Å². The summed E-state index contributed by atoms with van der Waals surface area (Å²) >= 11 is 0. The number of hydrogen-bond donors (Lipinski definition) is 4. The number of hydrogen-bond acceptors (Lipinski definition) is 6. The van der Waals surface area contributed by atoms with Crippen molar-refractivity contribution in [3.05, 3.63) is 53.7 Å². The largest absolute Gasteiger partial charge is 0.369 e. The summed E-state index contributed by atoms with van der Waals surface area (Å²) < 4.78 is 0. The highest BCUT2D eigenvalue weighted by molar-refractivity contribution is 6.44. The Bertz CT molecular complexity index is 1020. The third-order valence-electron chi connectivity index (χ3n) is 4.37. The van der Waals surface area contributed by atoms with E-state index in [0.717, 1.165) is 0 Å². The Balaban J connectivity index is 1.85. The molecule has 1 aromatic carbocycles. The Kier molecular flexibility index (Phi) is 5.11. The minimum Gasteiger partial charge on any atom is -0.369 e. The average molecular weight is 377 g/mol. The highest BCUT2D eigenvalue weighted by Crippen LogP contribution is 2.22. The summed E-state index contributed by atoms with van der Waals surface area (Å²) in [5, 5.41) is 21.2. The number of pyridine rings is 1. The molecule has 1 aliphatic rings. The Morgan fingerprint density at radius 1 is 1.39 bits per heavy atom. The number of likely N-dealkylation sites (tertiary alicyclic amines) is 1. The quantitative estimate of drug-likeness (QED) is 0.458. The Hall–Kier alpha value is -3.70. The first-order valence-corrected chi connectivity index (χ1v) is 8.52. The number of rotatable bonds is 4. The Labute approximate surface area is 161 Å². The van der Waals surface area contributed by atoms with E-state index in [1.807, 2.05) is 0 Å². The standard InChI is InChI=1S/C20H19N5O3/c1-25-11-9-20(28,19(25)27)8-7-13-4-2-5-14(12-13)24-18-15(6-3-10-23-18)16(21)17(22)26/h2-6,10,12,21,28H,9,11H2,1H3,(H2,22,26)(H,23,24)/t20-/m0/s1. The molecule has 0 bridgehead atoms. The molecule has 28 heavy (non-hydrogen) atoms. The number of amides is 2. The van der Waals surface area contributed by atoms with Crippen LogP contribution in [-0.2, 0) is 9.59 Å². The van der Waals surface area contributed by atoms with Crippen LogP contribution in [-0.4, -0.2) is 51.7 Å². The second kappa shape index (κ2) is 7.50. The van der Waals surface area contributed by atoms with Crippen LogP contribution in [0.25, 0.3) is 0 Å². The van der Waals surface area contributed by atoms with Gasteiger partial charge in [0.25, 0.3) is 11.8 Å². The molecule has 142 valence electrons. The van der Waals surface area contributed by atoms with E-state index in [2.05, 4.69) is 22.1 Å². The summed E-state index contributed by atoms with van der Waals surface area (Å²) in [7, 11) is 1.63. The van der Waals surface area contributed by atoms with Gasteiger partial charge in [-0.2, -0.15) is 0 Å². The van der Waals surface area contributed by atoms with Crippen molar-refractivity contribution < 1.29 is 14.7 Å². The lowest BCUT2D eigenvalue weighted by molar-refractivity contribution is -0.137. The molecule has 5 N–H and O–H groups in total. The molecule has 2 amide bonds. The summed E-state index contributed by atoms with van der Waals surface area (Å²) in [4.78, 5) is 28.9. The smallest absolute Gasteiger partial charge is 0.267 e. The molecule has 0 aliphatic carbocycles. The number of nitrogens with two attached hydrogens (primary N) is 1. The van der Waals surface area contributed by atoms with Crippen LogP contribution in [0.2, 0.25) is 0 Å². The second-order valence-corrected chi connectivity index (χ2v) is 6.43. The predicted molar refractivity (Wildman–Crippen MR) is 104 cm³/mol. The van der Waals surface area contributed by atoms with Gasteiger partial charge in [-0.15, -0.1) is 0 Å². The fourth-order valence-electron chi connectivity index (χ4n) is 2.80. The maximum absolute atomic E-state index is 12.0. The minimum absolute atomic E-state index is 0.264. The van der Waals surface area contributed by atoms with E-state index in [0.29, 0.717) is 23.6 Å². The fourth-order valence-corrected chi connectivity index (χ4v) is 2.80. The number of benzene rings is 1. The lowest BCUT2D eigenvalue weighted by atomic mass is 10.0. The van der Waals surface area contributed by atoms with E-state index in [9.17, 15) is 14.7 Å². The van der Waals surface area contributed by atoms with Crippen LogP contribution < -0.4 is 11.1 Å². The van der Waals surface area contributed by atoms with Crippen molar-refractivity contribution in [2.75, 3.05) is 18.9 Å². The molecule has 3 rings (SSSR count). The first-order valence-electron chi connectivity index (χ1n) is 8.52. The van der Waals surface area contributed by atoms with Gasteiger partial charge in [0, 0.05) is 43.0 Å². The first kappa shape index (κ1) is 19.1. The molecular formula is C20H19N5O3. The summed E-state index contributed by atoms with van der Waals surface area (Å²) in [6.07, 6.45) is 1.79. The minimum atomic E-state index is -1.66. The van der Waals surface area contributed by atoms with Crippen molar-refractivity contribution >= 4 is 29.0 Å². The van der Waals surface area contributed by atoms with Gasteiger partial charge in [0.05, 0.1) is 0 Å². The molecule has 8 nitrogen and oxygen atoms in total. The number of nitrogens with one attached hydrogen (secondary N) is 2. The molecule has 2 aromatic rings. The number of carbonyl (C=O) groups excluding carboxylic acids is 2. The molecule has 0 radical (unpaired) electrons. The van der Waals surface area contributed by atoms with Crippen molar-refractivity contribution in [1.82, 2.24) is 9.88 Å². The fraction of sp³-hybridized carbons (Fsp3) is 0.200. The zero-order valence-electron chi connectivity index (χ0n) is 15.2. The summed E-state index contributed by atoms with van der Waals surface area (Å²) in [6, 6.07) is 10.2. The number of aliphatic hydroxyl groups is 1. The number of nitrogens with zero attached hydrogens (tertiary/aromatic N) is 2. The van der Waals surface area contributed by atoms with E-state index in [4.69, 9.17) is 11.1 Å². The van der Waals surface area contributed by atoms with Gasteiger partial charge in [0.2, 0.25) is 5.60 Å². The van der Waals surface area contributed by atoms with Gasteiger partial charge in [0.15, 0.2) is 0 Å². The van der Waals surface area contributed by atoms with Crippen molar-refractivity contribution in [2.45, 2.75) is 12.0 Å². The summed E-state index contributed by atoms with van der Waals surface area (Å²) in [5.74, 6) is 4.55. The average Bonchev–Trinajstić information content (AvgIpc) is 2.94. The van der Waals surface area contributed by atoms with Gasteiger partial charge < -0.3 is 21.1 Å². The predicted octanol–water partition coefficient (Wildman–Crippen LogP) is 0.623. The second-order valence-electron chi connectivity index (χ2n) is 6.43. The van der Waals surface area contributed by atoms with Crippen molar-refractivity contribution in [2.24, 2.45) is 5.73 Å². The molecule has 1 aromatic heterocycles. The van der Waals surface area contributed by atoms with Crippen molar-refractivity contribution in [3.63, 3.8) is 0 Å². The number of primary amides is 1. The van der Waals surface area contributed by atoms with Gasteiger partial charge in [-0.1, -0.05) is 17.9 Å². The molecule has 1 saturated heterocycles. The Morgan fingerprint density at radius 2 is 2.18 bits per heavy atom. The van der Waals surface area contributed by atoms with Crippen molar-refractivity contribution in [1.29, 1.82) is 5.41 Å². The van der Waals surface area contributed by atoms with Crippen LogP contribution in [0.1, 0.15) is 17.5 Å². The molecule has 2 heterocycles. The molecule has 8 heteroatoms. The van der Waals surface area contributed by atoms with Gasteiger partial charge in [-0.25, -0.2) is 4.98 Å². The molecular weight excluding hydrogens is 358 g/mol. The van der Waals surface area contributed by atoms with E-state index in [1.165, 1.54) is 11.1 Å². The maximum atomic E-state index is 12.0. The highest BCUT2D eigenvalue weighted by Gasteiger charge is 2.42. The van der Waals surface area contributed by atoms with Crippen LogP contribution in [0.5, 0.6) is 0 Å². The molecule has 0 unspecified atom stereocenters. The first-order chi connectivity index (χ1) is 13.3. The van der Waals surface area contributed by atoms with Crippen LogP contribution >= 0.6 is 0 Å². The van der Waals surface area contributed by atoms with Gasteiger partial charge in [-0.3, -0.25) is 15.0 Å². The molecule has 0 spiro atoms. The highest BCUT2D eigenvalue weighted by atomic mass is 16.3. The van der Waals surface area contributed by atoms with Gasteiger partial charge in [0.1, 0.15) is 11.5 Å². The zero-order chi connectivity index (χ0) is 20.3. The van der Waals surface area contributed by atoms with E-state index in [-0.39, 0.29) is 17.7 Å². The summed E-state index contributed by atoms with van der Waals surface area (Å²) in [5.41, 5.74) is 4.66. The number of aromatic nitrogens is 1. The third-order valence-corrected chi connectivity index (χ3v) is 4.37. The molecule has 0 saturated carbocycles. The maximum Gasteiger partial charge on any atom is 0.267 e. The molecule has 1 atom stereocenters. The molecule has 1 fully saturated rings. The van der Waals surface area contributed by atoms with Crippen LogP contribution in [0.4, 0.5) is 11.5 Å². The topological polar surface area (TPSA) is 132 Å². The van der Waals surface area contributed by atoms with Gasteiger partial charge >= 0.3 is 0 Å². The van der Waals surface area contributed by atoms with Crippen LogP contribution in [0.15, 0.2) is 42.6 Å². The van der Waals surface area contributed by atoms with Gasteiger partial charge in [-0.05, 0) is 30.3 Å². The monoisotopic (exact) mass is 377 g/mol. The van der Waals surface area contributed by atoms with Crippen LogP contribution in [0, 0.1) is 17.3 Å². The third kappa shape index (κ3) is 3.84. The summed E-state index contributed by atoms with van der Waals surface area (Å²) in [6.45, 7) is 0.458. The lowest BCUT2D eigenvalue weighted by Gasteiger charge is -2.13. The number of carbonyl (C=O) groups is 2. The normalized spacial score (nSPS) is 18.4. The van der Waals surface area contributed by atoms with E-state index >= 15 is 0 Å². The SMILES string of the molecule is CN1CC[C@@](O)(C#Cc2cccc(Nc3ncccc3C(=N)C(N)=O)c2)C1=O. The zero-order valence-corrected chi connectivity index (χ0v) is 15.2. The van der Waals surface area contributed by atoms with Crippen molar-refractivity contribution in [3.8, 4) is 11.8 Å². The Morgan fingerprint density at radius 3 is 2.86 bits per heavy atom. The number of anilines is 2. The number of likely N-dealkylation sites (N-methyl/N-ethyl adjacent to an activating group) is 1.